The largest absolute Gasteiger partial charge is 0.447 e. The molecule has 1 amide bonds. The Morgan fingerprint density at radius 2 is 1.89 bits per heavy atom. The second-order valence-corrected chi connectivity index (χ2v) is 6.58. The third kappa shape index (κ3) is 3.78. The highest BCUT2D eigenvalue weighted by molar-refractivity contribution is 7.80. The number of furan rings is 1. The molecular weight excluding hydrogens is 365 g/mol. The lowest BCUT2D eigenvalue weighted by molar-refractivity contribution is 0.0917. The Kier molecular flexibility index (Phi) is 5.41. The van der Waals surface area contributed by atoms with E-state index in [1.807, 2.05) is 25.1 Å². The SMILES string of the molecule is CCc1cccc(C)c1NC(=S)NNC(=O)c1oc2c(F)cccc2c1C. The molecule has 0 unspecified atom stereocenters. The average molecular weight is 385 g/mol. The fourth-order valence-corrected chi connectivity index (χ4v) is 3.10. The standard InChI is InChI=1S/C20H20FN3O2S/c1-4-13-8-5-7-11(2)16(13)22-20(27)24-23-19(25)17-12(3)14-9-6-10-15(21)18(14)26-17/h5-10H,4H2,1-3H3,(H,23,25)(H2,22,24,27). The highest BCUT2D eigenvalue weighted by Gasteiger charge is 2.19. The lowest BCUT2D eigenvalue weighted by Gasteiger charge is -2.16. The van der Waals surface area contributed by atoms with Gasteiger partial charge in [-0.2, -0.15) is 0 Å². The number of aryl methyl sites for hydroxylation is 3. The number of hydrazine groups is 1. The summed E-state index contributed by atoms with van der Waals surface area (Å²) in [5.41, 5.74) is 8.86. The molecule has 7 heteroatoms. The summed E-state index contributed by atoms with van der Waals surface area (Å²) < 4.78 is 19.2. The minimum atomic E-state index is -0.534. The van der Waals surface area contributed by atoms with Gasteiger partial charge in [-0.3, -0.25) is 15.6 Å². The van der Waals surface area contributed by atoms with Gasteiger partial charge >= 0.3 is 5.91 Å². The molecule has 3 aromatic rings. The Balaban J connectivity index is 1.70. The van der Waals surface area contributed by atoms with E-state index in [4.69, 9.17) is 16.6 Å². The highest BCUT2D eigenvalue weighted by atomic mass is 32.1. The molecule has 1 heterocycles. The van der Waals surface area contributed by atoms with Crippen molar-refractivity contribution in [1.82, 2.24) is 10.9 Å². The van der Waals surface area contributed by atoms with Gasteiger partial charge in [-0.05, 0) is 49.7 Å². The van der Waals surface area contributed by atoms with Crippen LogP contribution < -0.4 is 16.2 Å². The molecule has 3 N–H and O–H groups in total. The van der Waals surface area contributed by atoms with Crippen LogP contribution in [0.4, 0.5) is 10.1 Å². The maximum atomic E-state index is 13.8. The zero-order chi connectivity index (χ0) is 19.6. The molecule has 0 spiro atoms. The summed E-state index contributed by atoms with van der Waals surface area (Å²) in [4.78, 5) is 12.4. The maximum Gasteiger partial charge on any atom is 0.305 e. The van der Waals surface area contributed by atoms with Gasteiger partial charge in [-0.15, -0.1) is 0 Å². The molecular formula is C20H20FN3O2S. The van der Waals surface area contributed by atoms with E-state index in [2.05, 4.69) is 23.1 Å². The van der Waals surface area contributed by atoms with Crippen LogP contribution in [0.5, 0.6) is 0 Å². The number of thiocarbonyl (C=S) groups is 1. The molecule has 1 aromatic heterocycles. The lowest BCUT2D eigenvalue weighted by Crippen LogP contribution is -2.44. The Labute approximate surface area is 161 Å². The van der Waals surface area contributed by atoms with Crippen LogP contribution in [0.2, 0.25) is 0 Å². The van der Waals surface area contributed by atoms with E-state index >= 15 is 0 Å². The molecule has 0 bridgehead atoms. The first-order chi connectivity index (χ1) is 12.9. The number of nitrogens with one attached hydrogen (secondary N) is 3. The Bertz CT molecular complexity index is 1030. The third-order valence-electron chi connectivity index (χ3n) is 4.39. The van der Waals surface area contributed by atoms with Gasteiger partial charge in [0, 0.05) is 16.6 Å². The molecule has 3 rings (SSSR count). The van der Waals surface area contributed by atoms with E-state index in [1.54, 1.807) is 19.1 Å². The van der Waals surface area contributed by atoms with E-state index < -0.39 is 11.7 Å². The van der Waals surface area contributed by atoms with E-state index in [-0.39, 0.29) is 16.5 Å². The van der Waals surface area contributed by atoms with Crippen molar-refractivity contribution >= 4 is 39.9 Å². The lowest BCUT2D eigenvalue weighted by atomic mass is 10.1. The first-order valence-electron chi connectivity index (χ1n) is 8.55. The van der Waals surface area contributed by atoms with Crippen LogP contribution in [-0.2, 0) is 6.42 Å². The fraction of sp³-hybridized carbons (Fsp3) is 0.200. The summed E-state index contributed by atoms with van der Waals surface area (Å²) in [6.45, 7) is 5.74. The van der Waals surface area contributed by atoms with E-state index in [0.29, 0.717) is 10.9 Å². The van der Waals surface area contributed by atoms with Crippen LogP contribution in [0.15, 0.2) is 40.8 Å². The smallest absolute Gasteiger partial charge is 0.305 e. The van der Waals surface area contributed by atoms with Gasteiger partial charge in [-0.1, -0.05) is 37.3 Å². The molecule has 140 valence electrons. The van der Waals surface area contributed by atoms with Crippen molar-refractivity contribution in [1.29, 1.82) is 0 Å². The molecule has 0 aliphatic carbocycles. The van der Waals surface area contributed by atoms with E-state index in [9.17, 15) is 9.18 Å². The number of carbonyl (C=O) groups excluding carboxylic acids is 1. The number of hydrogen-bond acceptors (Lipinski definition) is 3. The number of benzene rings is 2. The minimum Gasteiger partial charge on any atom is -0.447 e. The van der Waals surface area contributed by atoms with Crippen molar-refractivity contribution in [3.8, 4) is 0 Å². The third-order valence-corrected chi connectivity index (χ3v) is 4.59. The molecule has 0 aliphatic heterocycles. The Morgan fingerprint density at radius 3 is 2.59 bits per heavy atom. The zero-order valence-electron chi connectivity index (χ0n) is 15.3. The molecule has 0 saturated heterocycles. The van der Waals surface area contributed by atoms with Crippen molar-refractivity contribution in [3.63, 3.8) is 0 Å². The number of amides is 1. The summed E-state index contributed by atoms with van der Waals surface area (Å²) in [5, 5.41) is 3.91. The molecule has 0 aliphatic rings. The van der Waals surface area contributed by atoms with Gasteiger partial charge in [0.05, 0.1) is 0 Å². The summed E-state index contributed by atoms with van der Waals surface area (Å²) in [5.74, 6) is -1.00. The molecule has 0 saturated carbocycles. The summed E-state index contributed by atoms with van der Waals surface area (Å²) in [6.07, 6.45) is 0.850. The van der Waals surface area contributed by atoms with Gasteiger partial charge in [-0.25, -0.2) is 4.39 Å². The summed E-state index contributed by atoms with van der Waals surface area (Å²) in [7, 11) is 0. The van der Waals surface area contributed by atoms with Crippen LogP contribution >= 0.6 is 12.2 Å². The topological polar surface area (TPSA) is 66.3 Å². The monoisotopic (exact) mass is 385 g/mol. The second-order valence-electron chi connectivity index (χ2n) is 6.17. The van der Waals surface area contributed by atoms with Crippen molar-refractivity contribution in [2.75, 3.05) is 5.32 Å². The molecule has 0 radical (unpaired) electrons. The quantitative estimate of drug-likeness (QED) is 0.461. The molecule has 27 heavy (non-hydrogen) atoms. The number of halogens is 1. The molecule has 0 atom stereocenters. The molecule has 5 nitrogen and oxygen atoms in total. The number of para-hydroxylation sites is 2. The number of fused-ring (bicyclic) bond motifs is 1. The second kappa shape index (κ2) is 7.75. The predicted molar refractivity (Wildman–Crippen MR) is 108 cm³/mol. The van der Waals surface area contributed by atoms with Crippen molar-refractivity contribution in [2.24, 2.45) is 0 Å². The van der Waals surface area contributed by atoms with Crippen molar-refractivity contribution in [2.45, 2.75) is 27.2 Å². The van der Waals surface area contributed by atoms with Crippen LogP contribution in [0, 0.1) is 19.7 Å². The van der Waals surface area contributed by atoms with Crippen LogP contribution in [-0.4, -0.2) is 11.0 Å². The normalized spacial score (nSPS) is 10.7. The van der Waals surface area contributed by atoms with Crippen LogP contribution in [0.1, 0.15) is 34.2 Å². The van der Waals surface area contributed by atoms with Gasteiger partial charge < -0.3 is 9.73 Å². The first kappa shape index (κ1) is 18.8. The number of rotatable bonds is 3. The van der Waals surface area contributed by atoms with Gasteiger partial charge in [0.1, 0.15) is 0 Å². The van der Waals surface area contributed by atoms with Crippen LogP contribution in [0.3, 0.4) is 0 Å². The Hall–Kier alpha value is -2.93. The van der Waals surface area contributed by atoms with Crippen LogP contribution in [0.25, 0.3) is 11.0 Å². The van der Waals surface area contributed by atoms with Gasteiger partial charge in [0.25, 0.3) is 0 Å². The number of anilines is 1. The first-order valence-corrected chi connectivity index (χ1v) is 8.96. The van der Waals surface area contributed by atoms with Gasteiger partial charge in [0.2, 0.25) is 0 Å². The predicted octanol–water partition coefficient (Wildman–Crippen LogP) is 4.38. The summed E-state index contributed by atoms with van der Waals surface area (Å²) in [6, 6.07) is 10.6. The fourth-order valence-electron chi connectivity index (χ4n) is 2.94. The minimum absolute atomic E-state index is 0.0375. The molecule has 2 aromatic carbocycles. The van der Waals surface area contributed by atoms with Crippen molar-refractivity contribution < 1.29 is 13.6 Å². The zero-order valence-corrected chi connectivity index (χ0v) is 16.1. The summed E-state index contributed by atoms with van der Waals surface area (Å²) >= 11 is 5.26. The Morgan fingerprint density at radius 1 is 1.15 bits per heavy atom. The number of carbonyl (C=O) groups is 1. The highest BCUT2D eigenvalue weighted by Crippen LogP contribution is 2.27. The number of hydrogen-bond donors (Lipinski definition) is 3. The van der Waals surface area contributed by atoms with Gasteiger partial charge in [0.15, 0.2) is 22.3 Å². The molecule has 0 fully saturated rings. The average Bonchev–Trinajstić information content (AvgIpc) is 3.00. The van der Waals surface area contributed by atoms with E-state index in [0.717, 1.165) is 23.2 Å². The maximum absolute atomic E-state index is 13.8. The van der Waals surface area contributed by atoms with E-state index in [1.165, 1.54) is 6.07 Å². The van der Waals surface area contributed by atoms with Crippen molar-refractivity contribution in [3.05, 3.63) is 64.7 Å².